The van der Waals surface area contributed by atoms with Crippen LogP contribution in [0.2, 0.25) is 0 Å². The Morgan fingerprint density at radius 1 is 1.53 bits per heavy atom. The first kappa shape index (κ1) is 12.1. The fourth-order valence-corrected chi connectivity index (χ4v) is 1.82. The molecule has 1 aliphatic carbocycles. The zero-order valence-corrected chi connectivity index (χ0v) is 10.4. The largest absolute Gasteiger partial charge is 0.368 e. The smallest absolute Gasteiger partial charge is 0.222 e. The van der Waals surface area contributed by atoms with Crippen molar-refractivity contribution in [3.05, 3.63) is 12.0 Å². The molecular weight excluding hydrogens is 219 g/mol. The Bertz CT molecular complexity index is 390. The van der Waals surface area contributed by atoms with Crippen molar-refractivity contribution < 1.29 is 4.39 Å². The molecule has 0 radical (unpaired) electrons. The van der Waals surface area contributed by atoms with Gasteiger partial charge >= 0.3 is 0 Å². The van der Waals surface area contributed by atoms with E-state index in [1.54, 1.807) is 0 Å². The van der Waals surface area contributed by atoms with E-state index in [4.69, 9.17) is 5.73 Å². The molecule has 0 aromatic carbocycles. The molecule has 0 amide bonds. The van der Waals surface area contributed by atoms with Gasteiger partial charge in [0, 0.05) is 12.6 Å². The van der Waals surface area contributed by atoms with Crippen molar-refractivity contribution in [2.75, 3.05) is 17.2 Å². The van der Waals surface area contributed by atoms with Crippen LogP contribution in [-0.4, -0.2) is 22.6 Å². The lowest BCUT2D eigenvalue weighted by Crippen LogP contribution is -2.30. The number of anilines is 2. The summed E-state index contributed by atoms with van der Waals surface area (Å²) in [6, 6.07) is 0.428. The molecule has 4 nitrogen and oxygen atoms in total. The highest BCUT2D eigenvalue weighted by Gasteiger charge is 2.31. The maximum absolute atomic E-state index is 13.7. The highest BCUT2D eigenvalue weighted by Crippen LogP contribution is 2.32. The van der Waals surface area contributed by atoms with Gasteiger partial charge in [-0.25, -0.2) is 9.37 Å². The van der Waals surface area contributed by atoms with Gasteiger partial charge in [-0.3, -0.25) is 0 Å². The summed E-state index contributed by atoms with van der Waals surface area (Å²) in [5, 5.41) is 0. The number of nitrogens with two attached hydrogens (primary N) is 1. The van der Waals surface area contributed by atoms with Crippen molar-refractivity contribution in [2.45, 2.75) is 39.2 Å². The molecule has 0 atom stereocenters. The second-order valence-electron chi connectivity index (χ2n) is 5.01. The lowest BCUT2D eigenvalue weighted by molar-refractivity contribution is 0.552. The number of halogens is 1. The quantitative estimate of drug-likeness (QED) is 0.854. The van der Waals surface area contributed by atoms with E-state index < -0.39 is 0 Å². The van der Waals surface area contributed by atoms with Gasteiger partial charge in [0.15, 0.2) is 11.6 Å². The molecule has 1 aliphatic rings. The highest BCUT2D eigenvalue weighted by atomic mass is 19.1. The molecule has 5 heteroatoms. The lowest BCUT2D eigenvalue weighted by atomic mass is 10.1. The van der Waals surface area contributed by atoms with Gasteiger partial charge in [-0.05, 0) is 25.2 Å². The highest BCUT2D eigenvalue weighted by molar-refractivity contribution is 5.44. The first-order valence-electron chi connectivity index (χ1n) is 6.12. The molecule has 1 aromatic heterocycles. The van der Waals surface area contributed by atoms with E-state index in [0.717, 1.165) is 32.0 Å². The second-order valence-corrected chi connectivity index (χ2v) is 5.01. The molecule has 1 saturated carbocycles. The molecule has 1 fully saturated rings. The first-order valence-corrected chi connectivity index (χ1v) is 6.12. The monoisotopic (exact) mass is 238 g/mol. The SMILES string of the molecule is CC(C)CCN(c1nc(N)ncc1F)C1CC1. The minimum atomic E-state index is -0.380. The third kappa shape index (κ3) is 3.05. The van der Waals surface area contributed by atoms with Gasteiger partial charge < -0.3 is 10.6 Å². The molecule has 1 heterocycles. The molecule has 94 valence electrons. The summed E-state index contributed by atoms with van der Waals surface area (Å²) >= 11 is 0. The predicted molar refractivity (Wildman–Crippen MR) is 66.2 cm³/mol. The lowest BCUT2D eigenvalue weighted by Gasteiger charge is -2.24. The average Bonchev–Trinajstić information content (AvgIpc) is 3.07. The summed E-state index contributed by atoms with van der Waals surface area (Å²) < 4.78 is 13.7. The summed E-state index contributed by atoms with van der Waals surface area (Å²) in [4.78, 5) is 9.73. The Hall–Kier alpha value is -1.39. The first-order chi connectivity index (χ1) is 8.08. The fourth-order valence-electron chi connectivity index (χ4n) is 1.82. The van der Waals surface area contributed by atoms with Gasteiger partial charge in [0.2, 0.25) is 5.95 Å². The van der Waals surface area contributed by atoms with Gasteiger partial charge in [-0.1, -0.05) is 13.8 Å². The van der Waals surface area contributed by atoms with E-state index >= 15 is 0 Å². The van der Waals surface area contributed by atoms with Crippen LogP contribution in [0.5, 0.6) is 0 Å². The summed E-state index contributed by atoms with van der Waals surface area (Å²) in [5.74, 6) is 0.714. The molecule has 2 rings (SSSR count). The minimum absolute atomic E-state index is 0.136. The van der Waals surface area contributed by atoms with Gasteiger partial charge in [-0.15, -0.1) is 0 Å². The third-order valence-electron chi connectivity index (χ3n) is 2.95. The minimum Gasteiger partial charge on any atom is -0.368 e. The normalized spacial score (nSPS) is 15.3. The number of aromatic nitrogens is 2. The number of rotatable bonds is 5. The van der Waals surface area contributed by atoms with E-state index in [1.807, 2.05) is 4.90 Å². The van der Waals surface area contributed by atoms with E-state index in [0.29, 0.717) is 17.8 Å². The second kappa shape index (κ2) is 4.85. The zero-order chi connectivity index (χ0) is 12.4. The molecule has 0 saturated heterocycles. The molecule has 1 aromatic rings. The Morgan fingerprint density at radius 3 is 2.82 bits per heavy atom. The van der Waals surface area contributed by atoms with E-state index in [9.17, 15) is 4.39 Å². The summed E-state index contributed by atoms with van der Waals surface area (Å²) in [6.45, 7) is 5.15. The van der Waals surface area contributed by atoms with Crippen LogP contribution in [0.3, 0.4) is 0 Å². The third-order valence-corrected chi connectivity index (χ3v) is 2.95. The predicted octanol–water partition coefficient (Wildman–Crippen LogP) is 2.21. The number of nitrogens with zero attached hydrogens (tertiary/aromatic N) is 3. The van der Waals surface area contributed by atoms with Crippen LogP contribution >= 0.6 is 0 Å². The molecule has 17 heavy (non-hydrogen) atoms. The van der Waals surface area contributed by atoms with Crippen LogP contribution in [0.15, 0.2) is 6.20 Å². The van der Waals surface area contributed by atoms with Crippen molar-refractivity contribution in [3.8, 4) is 0 Å². The van der Waals surface area contributed by atoms with Gasteiger partial charge in [0.25, 0.3) is 0 Å². The number of hydrogen-bond donors (Lipinski definition) is 1. The van der Waals surface area contributed by atoms with Crippen LogP contribution in [0, 0.1) is 11.7 Å². The fraction of sp³-hybridized carbons (Fsp3) is 0.667. The topological polar surface area (TPSA) is 55.0 Å². The van der Waals surface area contributed by atoms with Crippen LogP contribution in [0.1, 0.15) is 33.1 Å². The van der Waals surface area contributed by atoms with Crippen molar-refractivity contribution in [1.82, 2.24) is 9.97 Å². The average molecular weight is 238 g/mol. The van der Waals surface area contributed by atoms with Crippen molar-refractivity contribution in [1.29, 1.82) is 0 Å². The maximum Gasteiger partial charge on any atom is 0.222 e. The van der Waals surface area contributed by atoms with Crippen molar-refractivity contribution in [2.24, 2.45) is 5.92 Å². The van der Waals surface area contributed by atoms with Crippen LogP contribution in [0.4, 0.5) is 16.2 Å². The Morgan fingerprint density at radius 2 is 2.24 bits per heavy atom. The summed E-state index contributed by atoms with van der Waals surface area (Å²) in [6.07, 6.45) is 4.41. The van der Waals surface area contributed by atoms with Crippen molar-refractivity contribution >= 4 is 11.8 Å². The number of nitrogen functional groups attached to an aromatic ring is 1. The summed E-state index contributed by atoms with van der Waals surface area (Å²) in [7, 11) is 0. The molecule has 0 spiro atoms. The summed E-state index contributed by atoms with van der Waals surface area (Å²) in [5.41, 5.74) is 5.53. The Balaban J connectivity index is 2.16. The molecule has 0 bridgehead atoms. The van der Waals surface area contributed by atoms with Crippen LogP contribution < -0.4 is 10.6 Å². The molecular formula is C12H19FN4. The van der Waals surface area contributed by atoms with Crippen molar-refractivity contribution in [3.63, 3.8) is 0 Å². The standard InChI is InChI=1S/C12H19FN4/c1-8(2)5-6-17(9-3-4-9)11-10(13)7-15-12(14)16-11/h7-9H,3-6H2,1-2H3,(H2,14,15,16). The number of hydrogen-bond acceptors (Lipinski definition) is 4. The Labute approximate surface area is 101 Å². The van der Waals surface area contributed by atoms with E-state index in [1.165, 1.54) is 0 Å². The Kier molecular flexibility index (Phi) is 3.45. The van der Waals surface area contributed by atoms with Crippen LogP contribution in [-0.2, 0) is 0 Å². The zero-order valence-electron chi connectivity index (χ0n) is 10.4. The van der Waals surface area contributed by atoms with Gasteiger partial charge in [0.1, 0.15) is 0 Å². The van der Waals surface area contributed by atoms with Gasteiger partial charge in [-0.2, -0.15) is 4.98 Å². The molecule has 0 aliphatic heterocycles. The van der Waals surface area contributed by atoms with Crippen LogP contribution in [0.25, 0.3) is 0 Å². The maximum atomic E-state index is 13.7. The van der Waals surface area contributed by atoms with E-state index in [2.05, 4.69) is 23.8 Å². The molecule has 2 N–H and O–H groups in total. The van der Waals surface area contributed by atoms with Gasteiger partial charge in [0.05, 0.1) is 6.20 Å². The van der Waals surface area contributed by atoms with E-state index in [-0.39, 0.29) is 11.8 Å². The molecule has 0 unspecified atom stereocenters.